The molecular weight excluding hydrogens is 350 g/mol. The molecule has 2 aromatic carbocycles. The molecule has 0 bridgehead atoms. The third-order valence-corrected chi connectivity index (χ3v) is 4.48. The Bertz CT molecular complexity index is 748. The summed E-state index contributed by atoms with van der Waals surface area (Å²) in [7, 11) is 0. The zero-order valence-electron chi connectivity index (χ0n) is 17.3. The van der Waals surface area contributed by atoms with Crippen LogP contribution in [0.2, 0.25) is 0 Å². The van der Waals surface area contributed by atoms with Crippen LogP contribution in [0.25, 0.3) is 0 Å². The van der Waals surface area contributed by atoms with Crippen molar-refractivity contribution in [2.24, 2.45) is 11.0 Å². The number of carbonyl (C=O) groups excluding carboxylic acids is 1. The maximum absolute atomic E-state index is 12.2. The summed E-state index contributed by atoms with van der Waals surface area (Å²) in [5.74, 6) is 1.24. The average molecular weight is 382 g/mol. The monoisotopic (exact) mass is 381 g/mol. The Morgan fingerprint density at radius 3 is 2.29 bits per heavy atom. The minimum Gasteiger partial charge on any atom is -0.494 e. The van der Waals surface area contributed by atoms with Crippen LogP contribution < -0.4 is 15.1 Å². The van der Waals surface area contributed by atoms with Gasteiger partial charge in [0.25, 0.3) is 5.91 Å². The highest BCUT2D eigenvalue weighted by Crippen LogP contribution is 2.15. The second-order valence-electron chi connectivity index (χ2n) is 7.02. The topological polar surface area (TPSA) is 53.9 Å². The highest BCUT2D eigenvalue weighted by atomic mass is 16.5. The molecule has 0 saturated carbocycles. The fourth-order valence-corrected chi connectivity index (χ4v) is 2.70. The largest absolute Gasteiger partial charge is 0.494 e. The Kier molecular flexibility index (Phi) is 8.53. The summed E-state index contributed by atoms with van der Waals surface area (Å²) in [5, 5.41) is 4.05. The summed E-state index contributed by atoms with van der Waals surface area (Å²) in [6.07, 6.45) is 2.66. The maximum atomic E-state index is 12.2. The lowest BCUT2D eigenvalue weighted by Gasteiger charge is -2.20. The van der Waals surface area contributed by atoms with Gasteiger partial charge in [0.15, 0.2) is 0 Å². The number of hydrogen-bond donors (Lipinski definition) is 1. The second kappa shape index (κ2) is 11.1. The summed E-state index contributed by atoms with van der Waals surface area (Å²) in [5.41, 5.74) is 5.16. The molecule has 2 aromatic rings. The zero-order valence-corrected chi connectivity index (χ0v) is 17.3. The van der Waals surface area contributed by atoms with E-state index in [1.54, 1.807) is 6.21 Å². The van der Waals surface area contributed by atoms with Crippen molar-refractivity contribution in [2.45, 2.75) is 34.1 Å². The molecule has 28 heavy (non-hydrogen) atoms. The Balaban J connectivity index is 1.85. The minimum atomic E-state index is -0.226. The van der Waals surface area contributed by atoms with Crippen LogP contribution in [0.5, 0.6) is 5.75 Å². The van der Waals surface area contributed by atoms with Crippen LogP contribution in [0.3, 0.4) is 0 Å². The number of hydrazone groups is 1. The predicted molar refractivity (Wildman–Crippen MR) is 116 cm³/mol. The molecule has 1 amide bonds. The molecule has 150 valence electrons. The van der Waals surface area contributed by atoms with E-state index in [-0.39, 0.29) is 5.91 Å². The molecule has 0 fully saturated rings. The first-order valence-electron chi connectivity index (χ1n) is 9.94. The molecule has 0 unspecified atom stereocenters. The van der Waals surface area contributed by atoms with Gasteiger partial charge in [0.2, 0.25) is 0 Å². The number of carbonyl (C=O) groups is 1. The number of nitrogens with one attached hydrogen (secondary N) is 1. The predicted octanol–water partition coefficient (Wildman–Crippen LogP) is 4.72. The zero-order chi connectivity index (χ0) is 20.4. The van der Waals surface area contributed by atoms with Gasteiger partial charge in [0, 0.05) is 24.3 Å². The number of amides is 1. The fourth-order valence-electron chi connectivity index (χ4n) is 2.70. The van der Waals surface area contributed by atoms with Crippen molar-refractivity contribution in [3.8, 4) is 5.75 Å². The van der Waals surface area contributed by atoms with Crippen molar-refractivity contribution in [1.29, 1.82) is 0 Å². The number of benzene rings is 2. The normalized spacial score (nSPS) is 11.0. The van der Waals surface area contributed by atoms with Crippen LogP contribution in [0.1, 0.15) is 50.0 Å². The molecule has 0 saturated heterocycles. The van der Waals surface area contributed by atoms with Gasteiger partial charge in [-0.15, -0.1) is 0 Å². The number of rotatable bonds is 10. The summed E-state index contributed by atoms with van der Waals surface area (Å²) >= 11 is 0. The van der Waals surface area contributed by atoms with Gasteiger partial charge in [-0.2, -0.15) is 5.10 Å². The van der Waals surface area contributed by atoms with Gasteiger partial charge in [-0.1, -0.05) is 13.8 Å². The average Bonchev–Trinajstić information content (AvgIpc) is 2.70. The quantitative estimate of drug-likeness (QED) is 0.478. The fraction of sp³-hybridized carbons (Fsp3) is 0.391. The van der Waals surface area contributed by atoms with Crippen LogP contribution in [0.15, 0.2) is 53.6 Å². The van der Waals surface area contributed by atoms with Gasteiger partial charge in [0.1, 0.15) is 5.75 Å². The molecule has 2 rings (SSSR count). The van der Waals surface area contributed by atoms with Crippen molar-refractivity contribution in [3.63, 3.8) is 0 Å². The van der Waals surface area contributed by atoms with E-state index >= 15 is 0 Å². The molecule has 0 spiro atoms. The number of hydrogen-bond acceptors (Lipinski definition) is 4. The maximum Gasteiger partial charge on any atom is 0.271 e. The van der Waals surface area contributed by atoms with Crippen LogP contribution >= 0.6 is 0 Å². The van der Waals surface area contributed by atoms with E-state index in [0.29, 0.717) is 18.1 Å². The van der Waals surface area contributed by atoms with Gasteiger partial charge in [0.05, 0.1) is 12.8 Å². The molecule has 1 N–H and O–H groups in total. The van der Waals surface area contributed by atoms with E-state index in [4.69, 9.17) is 4.74 Å². The lowest BCUT2D eigenvalue weighted by Crippen LogP contribution is -2.22. The van der Waals surface area contributed by atoms with Crippen molar-refractivity contribution in [3.05, 3.63) is 59.7 Å². The van der Waals surface area contributed by atoms with Gasteiger partial charge in [-0.05, 0) is 80.3 Å². The summed E-state index contributed by atoms with van der Waals surface area (Å²) in [4.78, 5) is 14.5. The van der Waals surface area contributed by atoms with E-state index in [9.17, 15) is 4.79 Å². The Hall–Kier alpha value is -2.82. The van der Waals surface area contributed by atoms with Gasteiger partial charge in [-0.25, -0.2) is 5.43 Å². The summed E-state index contributed by atoms with van der Waals surface area (Å²) < 4.78 is 5.70. The minimum absolute atomic E-state index is 0.226. The lowest BCUT2D eigenvalue weighted by atomic mass is 10.1. The third-order valence-electron chi connectivity index (χ3n) is 4.48. The van der Waals surface area contributed by atoms with Gasteiger partial charge >= 0.3 is 0 Å². The molecule has 0 aliphatic heterocycles. The summed E-state index contributed by atoms with van der Waals surface area (Å²) in [6, 6.07) is 15.2. The van der Waals surface area contributed by atoms with Crippen molar-refractivity contribution >= 4 is 17.8 Å². The van der Waals surface area contributed by atoms with E-state index in [1.165, 1.54) is 0 Å². The van der Waals surface area contributed by atoms with E-state index in [2.05, 4.69) is 43.1 Å². The van der Waals surface area contributed by atoms with Gasteiger partial charge in [-0.3, -0.25) is 4.79 Å². The number of ether oxygens (including phenoxy) is 1. The van der Waals surface area contributed by atoms with Crippen molar-refractivity contribution in [2.75, 3.05) is 24.6 Å². The molecule has 0 aliphatic rings. The molecule has 0 aromatic heterocycles. The number of anilines is 1. The first kappa shape index (κ1) is 21.5. The smallest absolute Gasteiger partial charge is 0.271 e. The first-order valence-corrected chi connectivity index (χ1v) is 9.94. The van der Waals surface area contributed by atoms with Crippen molar-refractivity contribution in [1.82, 2.24) is 5.43 Å². The Morgan fingerprint density at radius 1 is 1.07 bits per heavy atom. The van der Waals surface area contributed by atoms with E-state index in [1.807, 2.05) is 48.5 Å². The second-order valence-corrected chi connectivity index (χ2v) is 7.02. The molecule has 0 atom stereocenters. The van der Waals surface area contributed by atoms with Crippen LogP contribution in [0, 0.1) is 5.92 Å². The molecule has 5 nitrogen and oxygen atoms in total. The van der Waals surface area contributed by atoms with Crippen LogP contribution in [-0.2, 0) is 0 Å². The van der Waals surface area contributed by atoms with Crippen LogP contribution in [0.4, 0.5) is 5.69 Å². The molecule has 0 heterocycles. The van der Waals surface area contributed by atoms with E-state index < -0.39 is 0 Å². The number of nitrogens with zero attached hydrogens (tertiary/aromatic N) is 2. The van der Waals surface area contributed by atoms with Crippen molar-refractivity contribution < 1.29 is 9.53 Å². The lowest BCUT2D eigenvalue weighted by molar-refractivity contribution is 0.0955. The highest BCUT2D eigenvalue weighted by Gasteiger charge is 2.06. The SMILES string of the molecule is CCN(CC)c1ccc(C(=O)N/N=C/c2ccc(OCCC(C)C)cc2)cc1. The Morgan fingerprint density at radius 2 is 1.71 bits per heavy atom. The molecule has 5 heteroatoms. The Labute approximate surface area is 168 Å². The summed E-state index contributed by atoms with van der Waals surface area (Å²) in [6.45, 7) is 11.2. The van der Waals surface area contributed by atoms with Gasteiger partial charge < -0.3 is 9.64 Å². The highest BCUT2D eigenvalue weighted by molar-refractivity contribution is 5.95. The molecule has 0 radical (unpaired) electrons. The molecule has 0 aliphatic carbocycles. The third kappa shape index (κ3) is 6.72. The molecular formula is C23H31N3O2. The first-order chi connectivity index (χ1) is 13.5. The van der Waals surface area contributed by atoms with Crippen LogP contribution in [-0.4, -0.2) is 31.8 Å². The van der Waals surface area contributed by atoms with E-state index in [0.717, 1.165) is 36.5 Å². The standard InChI is InChI=1S/C23H31N3O2/c1-5-26(6-2)21-11-9-20(10-12-21)23(27)25-24-17-19-7-13-22(14-8-19)28-16-15-18(3)4/h7-14,17-18H,5-6,15-16H2,1-4H3,(H,25,27)/b24-17+.